The molecule has 0 bridgehead atoms. The Balaban J connectivity index is 1.70. The Hall–Kier alpha value is -4.10. The maximum Gasteiger partial charge on any atom is 0.135 e. The maximum atomic E-state index is 6.32. The predicted octanol–water partition coefficient (Wildman–Crippen LogP) is 8.68. The summed E-state index contributed by atoms with van der Waals surface area (Å²) >= 11 is 0. The molecule has 31 heavy (non-hydrogen) atoms. The van der Waals surface area contributed by atoms with Crippen LogP contribution in [0.4, 0.5) is 0 Å². The molecule has 0 aliphatic heterocycles. The largest absolute Gasteiger partial charge is 0.457 e. The van der Waals surface area contributed by atoms with Crippen LogP contribution in [0.5, 0.6) is 11.5 Å². The topological polar surface area (TPSA) is 9.23 Å². The molecule has 144 valence electrons. The molecule has 0 unspecified atom stereocenters. The van der Waals surface area contributed by atoms with Crippen LogP contribution in [-0.2, 0) is 0 Å². The van der Waals surface area contributed by atoms with Crippen LogP contribution < -0.4 is 4.74 Å². The molecule has 0 aliphatic carbocycles. The van der Waals surface area contributed by atoms with Gasteiger partial charge in [0.15, 0.2) is 0 Å². The molecule has 0 heterocycles. The van der Waals surface area contributed by atoms with Crippen molar-refractivity contribution in [1.82, 2.24) is 0 Å². The molecule has 7 rings (SSSR count). The van der Waals surface area contributed by atoms with E-state index in [1.54, 1.807) is 0 Å². The third kappa shape index (κ3) is 2.32. The van der Waals surface area contributed by atoms with Gasteiger partial charge >= 0.3 is 0 Å². The summed E-state index contributed by atoms with van der Waals surface area (Å²) in [5.41, 5.74) is 0. The fourth-order valence-corrected chi connectivity index (χ4v) is 5.14. The van der Waals surface area contributed by atoms with E-state index in [0.717, 1.165) is 16.9 Å². The second-order valence-electron chi connectivity index (χ2n) is 8.13. The van der Waals surface area contributed by atoms with Crippen LogP contribution in [0.1, 0.15) is 0 Å². The lowest BCUT2D eigenvalue weighted by atomic mass is 9.87. The SMILES string of the molecule is c1ccc(Oc2ccc3c4cccc5cc6ccccc6c(c6cccc2c36)c54)cc1. The molecule has 0 spiro atoms. The minimum Gasteiger partial charge on any atom is -0.457 e. The van der Waals surface area contributed by atoms with Crippen molar-refractivity contribution in [3.05, 3.63) is 109 Å². The van der Waals surface area contributed by atoms with Gasteiger partial charge in [0.1, 0.15) is 11.5 Å². The summed E-state index contributed by atoms with van der Waals surface area (Å²) < 4.78 is 6.32. The average Bonchev–Trinajstić information content (AvgIpc) is 2.83. The highest BCUT2D eigenvalue weighted by Crippen LogP contribution is 2.45. The van der Waals surface area contributed by atoms with Crippen molar-refractivity contribution >= 4 is 53.9 Å². The Morgan fingerprint density at radius 3 is 2.00 bits per heavy atom. The smallest absolute Gasteiger partial charge is 0.135 e. The van der Waals surface area contributed by atoms with Crippen LogP contribution in [0, 0.1) is 0 Å². The Labute approximate surface area is 179 Å². The van der Waals surface area contributed by atoms with E-state index in [-0.39, 0.29) is 0 Å². The third-order valence-corrected chi connectivity index (χ3v) is 6.42. The zero-order valence-electron chi connectivity index (χ0n) is 16.8. The van der Waals surface area contributed by atoms with Gasteiger partial charge in [-0.05, 0) is 73.4 Å². The fourth-order valence-electron chi connectivity index (χ4n) is 5.14. The first-order chi connectivity index (χ1) is 15.4. The number of fused-ring (bicyclic) bond motifs is 4. The van der Waals surface area contributed by atoms with E-state index in [1.165, 1.54) is 48.5 Å². The minimum absolute atomic E-state index is 0.854. The Morgan fingerprint density at radius 1 is 0.387 bits per heavy atom. The standard InChI is InChI=1S/C30H18O/c1-2-10-21(11-3-1)31-27-17-16-24-23-13-6-9-20-18-19-8-4-5-12-22(19)30(28(20)23)26-15-7-14-25(27)29(24)26/h1-18H. The first-order valence-corrected chi connectivity index (χ1v) is 10.6. The molecule has 7 aromatic carbocycles. The summed E-state index contributed by atoms with van der Waals surface area (Å²) in [5, 5.41) is 12.8. The van der Waals surface area contributed by atoms with Gasteiger partial charge in [-0.1, -0.05) is 78.9 Å². The van der Waals surface area contributed by atoms with Crippen LogP contribution in [0.2, 0.25) is 0 Å². The molecule has 1 nitrogen and oxygen atoms in total. The molecule has 0 aromatic heterocycles. The van der Waals surface area contributed by atoms with E-state index in [1.807, 2.05) is 30.3 Å². The molecule has 0 atom stereocenters. The molecular formula is C30H18O. The van der Waals surface area contributed by atoms with Crippen molar-refractivity contribution < 1.29 is 4.74 Å². The fraction of sp³-hybridized carbons (Fsp3) is 0. The lowest BCUT2D eigenvalue weighted by Crippen LogP contribution is -1.91. The highest BCUT2D eigenvalue weighted by molar-refractivity contribution is 6.38. The molecule has 0 aliphatic rings. The van der Waals surface area contributed by atoms with E-state index in [9.17, 15) is 0 Å². The van der Waals surface area contributed by atoms with E-state index < -0.39 is 0 Å². The van der Waals surface area contributed by atoms with Gasteiger partial charge < -0.3 is 4.74 Å². The van der Waals surface area contributed by atoms with Crippen LogP contribution in [0.3, 0.4) is 0 Å². The first-order valence-electron chi connectivity index (χ1n) is 10.6. The Kier molecular flexibility index (Phi) is 3.33. The number of para-hydroxylation sites is 1. The molecule has 0 saturated heterocycles. The van der Waals surface area contributed by atoms with E-state index >= 15 is 0 Å². The van der Waals surface area contributed by atoms with Gasteiger partial charge in [-0.15, -0.1) is 0 Å². The summed E-state index contributed by atoms with van der Waals surface area (Å²) in [6.07, 6.45) is 0. The quantitative estimate of drug-likeness (QED) is 0.210. The number of benzene rings is 7. The molecule has 0 amide bonds. The third-order valence-electron chi connectivity index (χ3n) is 6.42. The second-order valence-corrected chi connectivity index (χ2v) is 8.13. The van der Waals surface area contributed by atoms with Crippen LogP contribution in [-0.4, -0.2) is 0 Å². The van der Waals surface area contributed by atoms with Crippen molar-refractivity contribution in [2.75, 3.05) is 0 Å². The van der Waals surface area contributed by atoms with Gasteiger partial charge in [0.05, 0.1) is 0 Å². The molecule has 0 fully saturated rings. The molecule has 7 aromatic rings. The highest BCUT2D eigenvalue weighted by atomic mass is 16.5. The molecule has 0 N–H and O–H groups in total. The zero-order chi connectivity index (χ0) is 20.4. The second kappa shape index (κ2) is 6.20. The number of hydrogen-bond acceptors (Lipinski definition) is 1. The highest BCUT2D eigenvalue weighted by Gasteiger charge is 2.17. The summed E-state index contributed by atoms with van der Waals surface area (Å²) in [5.74, 6) is 1.75. The normalized spacial score (nSPS) is 11.9. The van der Waals surface area contributed by atoms with Crippen LogP contribution in [0.15, 0.2) is 109 Å². The zero-order valence-corrected chi connectivity index (χ0v) is 16.8. The summed E-state index contributed by atoms with van der Waals surface area (Å²) in [6, 6.07) is 38.6. The van der Waals surface area contributed by atoms with Gasteiger partial charge in [0, 0.05) is 10.8 Å². The predicted molar refractivity (Wildman–Crippen MR) is 132 cm³/mol. The van der Waals surface area contributed by atoms with E-state index in [2.05, 4.69) is 78.9 Å². The van der Waals surface area contributed by atoms with E-state index in [4.69, 9.17) is 4.74 Å². The summed E-state index contributed by atoms with van der Waals surface area (Å²) in [7, 11) is 0. The van der Waals surface area contributed by atoms with Crippen molar-refractivity contribution in [2.24, 2.45) is 0 Å². The van der Waals surface area contributed by atoms with Crippen LogP contribution >= 0.6 is 0 Å². The van der Waals surface area contributed by atoms with Crippen LogP contribution in [0.25, 0.3) is 53.9 Å². The van der Waals surface area contributed by atoms with Gasteiger partial charge in [-0.3, -0.25) is 0 Å². The van der Waals surface area contributed by atoms with Gasteiger partial charge in [0.25, 0.3) is 0 Å². The van der Waals surface area contributed by atoms with E-state index in [0.29, 0.717) is 0 Å². The van der Waals surface area contributed by atoms with Gasteiger partial charge in [-0.2, -0.15) is 0 Å². The molecule has 0 radical (unpaired) electrons. The number of rotatable bonds is 2. The lowest BCUT2D eigenvalue weighted by Gasteiger charge is -2.18. The van der Waals surface area contributed by atoms with Crippen molar-refractivity contribution in [2.45, 2.75) is 0 Å². The Bertz CT molecular complexity index is 1750. The molecule has 1 heteroatoms. The monoisotopic (exact) mass is 394 g/mol. The molecule has 0 saturated carbocycles. The van der Waals surface area contributed by atoms with Crippen molar-refractivity contribution in [3.63, 3.8) is 0 Å². The van der Waals surface area contributed by atoms with Gasteiger partial charge in [-0.25, -0.2) is 0 Å². The van der Waals surface area contributed by atoms with Gasteiger partial charge in [0.2, 0.25) is 0 Å². The number of ether oxygens (including phenoxy) is 1. The number of hydrogen-bond donors (Lipinski definition) is 0. The maximum absolute atomic E-state index is 6.32. The lowest BCUT2D eigenvalue weighted by molar-refractivity contribution is 0.488. The van der Waals surface area contributed by atoms with Crippen molar-refractivity contribution in [3.8, 4) is 11.5 Å². The summed E-state index contributed by atoms with van der Waals surface area (Å²) in [6.45, 7) is 0. The first kappa shape index (κ1) is 16.7. The Morgan fingerprint density at radius 2 is 1.06 bits per heavy atom. The summed E-state index contributed by atoms with van der Waals surface area (Å²) in [4.78, 5) is 0. The minimum atomic E-state index is 0.854. The van der Waals surface area contributed by atoms with Crippen molar-refractivity contribution in [1.29, 1.82) is 0 Å². The molecular weight excluding hydrogens is 376 g/mol. The average molecular weight is 394 g/mol.